The van der Waals surface area contributed by atoms with E-state index >= 15 is 0 Å². The Bertz CT molecular complexity index is 1100. The van der Waals surface area contributed by atoms with Crippen molar-refractivity contribution in [2.75, 3.05) is 19.8 Å². The molecule has 3 rings (SSSR count). The largest absolute Gasteiger partial charge is 0.573 e. The number of carboxylic acid groups (broad SMARTS) is 1. The predicted octanol–water partition coefficient (Wildman–Crippen LogP) is 2.48. The second-order valence-electron chi connectivity index (χ2n) is 7.15. The lowest BCUT2D eigenvalue weighted by Crippen LogP contribution is -2.40. The number of hydrogen-bond acceptors (Lipinski definition) is 7. The Labute approximate surface area is 191 Å². The lowest BCUT2D eigenvalue weighted by Gasteiger charge is -2.33. The molecule has 1 saturated heterocycles. The molecule has 2 heterocycles. The van der Waals surface area contributed by atoms with Gasteiger partial charge in [-0.05, 0) is 36.3 Å². The standard InChI is InChI=1S/C22H19F3N2O7/c23-22(24,25)34-16-3-1-15(2-4-16)33-21(7-9-32-10-8-21)6-5-14-11-17(28)19(26-12-14)20(31)27-13-18(29)30/h1-4,11-12,28H,7-10,13H2,(H,27,31)(H,29,30). The zero-order valence-corrected chi connectivity index (χ0v) is 17.5. The van der Waals surface area contributed by atoms with Crippen LogP contribution in [0.4, 0.5) is 13.2 Å². The third-order valence-corrected chi connectivity index (χ3v) is 4.59. The van der Waals surface area contributed by atoms with E-state index in [9.17, 15) is 27.9 Å². The molecule has 9 nitrogen and oxygen atoms in total. The van der Waals surface area contributed by atoms with E-state index in [4.69, 9.17) is 14.6 Å². The van der Waals surface area contributed by atoms with Crippen LogP contribution in [0.3, 0.4) is 0 Å². The lowest BCUT2D eigenvalue weighted by atomic mass is 9.94. The molecular formula is C22H19F3N2O7. The van der Waals surface area contributed by atoms with Crippen molar-refractivity contribution < 1.29 is 47.2 Å². The highest BCUT2D eigenvalue weighted by Crippen LogP contribution is 2.30. The molecule has 1 aliphatic rings. The van der Waals surface area contributed by atoms with Gasteiger partial charge in [0.1, 0.15) is 23.8 Å². The second kappa shape index (κ2) is 10.3. The predicted molar refractivity (Wildman–Crippen MR) is 109 cm³/mol. The molecule has 180 valence electrons. The van der Waals surface area contributed by atoms with Crippen molar-refractivity contribution in [1.82, 2.24) is 10.3 Å². The van der Waals surface area contributed by atoms with Crippen LogP contribution in [-0.2, 0) is 9.53 Å². The Hall–Kier alpha value is -3.98. The number of halogens is 3. The van der Waals surface area contributed by atoms with Gasteiger partial charge < -0.3 is 29.7 Å². The first kappa shape index (κ1) is 24.7. The van der Waals surface area contributed by atoms with Gasteiger partial charge in [0.15, 0.2) is 11.3 Å². The van der Waals surface area contributed by atoms with Gasteiger partial charge in [-0.1, -0.05) is 5.92 Å². The summed E-state index contributed by atoms with van der Waals surface area (Å²) in [4.78, 5) is 26.3. The van der Waals surface area contributed by atoms with Crippen LogP contribution in [0.25, 0.3) is 0 Å². The zero-order chi connectivity index (χ0) is 24.8. The highest BCUT2D eigenvalue weighted by atomic mass is 19.4. The minimum Gasteiger partial charge on any atom is -0.505 e. The maximum atomic E-state index is 12.4. The molecular weight excluding hydrogens is 461 g/mol. The molecule has 3 N–H and O–H groups in total. The third-order valence-electron chi connectivity index (χ3n) is 4.59. The van der Waals surface area contributed by atoms with Gasteiger partial charge in [0, 0.05) is 24.6 Å². The van der Waals surface area contributed by atoms with Crippen molar-refractivity contribution in [1.29, 1.82) is 0 Å². The fourth-order valence-electron chi connectivity index (χ4n) is 3.01. The van der Waals surface area contributed by atoms with E-state index in [1.54, 1.807) is 0 Å². The highest BCUT2D eigenvalue weighted by molar-refractivity contribution is 5.96. The van der Waals surface area contributed by atoms with Gasteiger partial charge in [0.05, 0.1) is 13.2 Å². The average Bonchev–Trinajstić information content (AvgIpc) is 2.77. The van der Waals surface area contributed by atoms with Crippen LogP contribution in [-0.4, -0.2) is 58.8 Å². The lowest BCUT2D eigenvalue weighted by molar-refractivity contribution is -0.274. The molecule has 0 atom stereocenters. The summed E-state index contributed by atoms with van der Waals surface area (Å²) in [6.07, 6.45) is -2.83. The maximum Gasteiger partial charge on any atom is 0.573 e. The zero-order valence-electron chi connectivity index (χ0n) is 17.5. The highest BCUT2D eigenvalue weighted by Gasteiger charge is 2.34. The smallest absolute Gasteiger partial charge is 0.505 e. The first-order valence-electron chi connectivity index (χ1n) is 9.90. The number of aromatic hydroxyl groups is 1. The Kier molecular flexibility index (Phi) is 7.47. The summed E-state index contributed by atoms with van der Waals surface area (Å²) in [6, 6.07) is 6.11. The molecule has 0 unspecified atom stereocenters. The molecule has 1 aliphatic heterocycles. The molecule has 1 fully saturated rings. The fourth-order valence-corrected chi connectivity index (χ4v) is 3.01. The molecule has 1 amide bonds. The molecule has 34 heavy (non-hydrogen) atoms. The van der Waals surface area contributed by atoms with Crippen molar-refractivity contribution >= 4 is 11.9 Å². The Balaban J connectivity index is 1.77. The van der Waals surface area contributed by atoms with Crippen molar-refractivity contribution in [2.24, 2.45) is 0 Å². The maximum absolute atomic E-state index is 12.4. The number of nitrogens with zero attached hydrogens (tertiary/aromatic N) is 1. The van der Waals surface area contributed by atoms with Crippen LogP contribution in [0.15, 0.2) is 36.5 Å². The number of aliphatic carboxylic acids is 1. The van der Waals surface area contributed by atoms with E-state index < -0.39 is 36.1 Å². The first-order valence-corrected chi connectivity index (χ1v) is 9.90. The monoisotopic (exact) mass is 480 g/mol. The van der Waals surface area contributed by atoms with E-state index in [2.05, 4.69) is 26.9 Å². The summed E-state index contributed by atoms with van der Waals surface area (Å²) in [7, 11) is 0. The summed E-state index contributed by atoms with van der Waals surface area (Å²) in [6.45, 7) is 0.0546. The second-order valence-corrected chi connectivity index (χ2v) is 7.15. The van der Waals surface area contributed by atoms with Crippen molar-refractivity contribution in [3.05, 3.63) is 47.8 Å². The van der Waals surface area contributed by atoms with Crippen LogP contribution in [0, 0.1) is 11.8 Å². The van der Waals surface area contributed by atoms with E-state index in [-0.39, 0.29) is 22.8 Å². The molecule has 1 aromatic carbocycles. The topological polar surface area (TPSA) is 127 Å². The van der Waals surface area contributed by atoms with Gasteiger partial charge in [-0.15, -0.1) is 13.2 Å². The van der Waals surface area contributed by atoms with Crippen LogP contribution in [0.2, 0.25) is 0 Å². The number of amides is 1. The number of carboxylic acids is 1. The van der Waals surface area contributed by atoms with E-state index in [1.807, 2.05) is 0 Å². The van der Waals surface area contributed by atoms with Crippen molar-refractivity contribution in [3.8, 4) is 29.1 Å². The SMILES string of the molecule is O=C(O)CNC(=O)c1ncc(C#CC2(Oc3ccc(OC(F)(F)F)cc3)CCOCC2)cc1O. The summed E-state index contributed by atoms with van der Waals surface area (Å²) < 4.78 is 52.3. The minimum atomic E-state index is -4.80. The number of carbonyl (C=O) groups excluding carboxylic acids is 1. The summed E-state index contributed by atoms with van der Waals surface area (Å²) in [5.74, 6) is 3.09. The van der Waals surface area contributed by atoms with Crippen molar-refractivity contribution in [3.63, 3.8) is 0 Å². The number of ether oxygens (including phenoxy) is 3. The molecule has 0 aliphatic carbocycles. The molecule has 12 heteroatoms. The minimum absolute atomic E-state index is 0.260. The quantitative estimate of drug-likeness (QED) is 0.539. The van der Waals surface area contributed by atoms with Crippen LogP contribution >= 0.6 is 0 Å². The van der Waals surface area contributed by atoms with Gasteiger partial charge in [-0.3, -0.25) is 9.59 Å². The van der Waals surface area contributed by atoms with E-state index in [0.29, 0.717) is 26.1 Å². The van der Waals surface area contributed by atoms with Crippen LogP contribution in [0.1, 0.15) is 28.9 Å². The Morgan fingerprint density at radius 1 is 1.18 bits per heavy atom. The molecule has 0 bridgehead atoms. The molecule has 2 aromatic rings. The van der Waals surface area contributed by atoms with Gasteiger partial charge in [0.25, 0.3) is 5.91 Å². The number of hydrogen-bond donors (Lipinski definition) is 3. The third kappa shape index (κ3) is 7.01. The first-order chi connectivity index (χ1) is 16.1. The Morgan fingerprint density at radius 3 is 2.41 bits per heavy atom. The molecule has 0 saturated carbocycles. The number of alkyl halides is 3. The molecule has 0 spiro atoms. The Morgan fingerprint density at radius 2 is 1.82 bits per heavy atom. The number of nitrogens with one attached hydrogen (secondary N) is 1. The number of aromatic nitrogens is 1. The van der Waals surface area contributed by atoms with Crippen LogP contribution in [0.5, 0.6) is 17.2 Å². The molecule has 0 radical (unpaired) electrons. The van der Waals surface area contributed by atoms with Crippen molar-refractivity contribution in [2.45, 2.75) is 24.8 Å². The fraction of sp³-hybridized carbons (Fsp3) is 0.318. The number of rotatable bonds is 6. The number of carbonyl (C=O) groups is 2. The summed E-state index contributed by atoms with van der Waals surface area (Å²) in [5, 5.41) is 20.8. The van der Waals surface area contributed by atoms with Gasteiger partial charge in [-0.2, -0.15) is 0 Å². The summed E-state index contributed by atoms with van der Waals surface area (Å²) in [5.41, 5.74) is -1.11. The summed E-state index contributed by atoms with van der Waals surface area (Å²) >= 11 is 0. The average molecular weight is 480 g/mol. The van der Waals surface area contributed by atoms with E-state index in [0.717, 1.165) is 12.1 Å². The van der Waals surface area contributed by atoms with E-state index in [1.165, 1.54) is 24.4 Å². The van der Waals surface area contributed by atoms with Crippen LogP contribution < -0.4 is 14.8 Å². The number of benzene rings is 1. The number of pyridine rings is 1. The van der Waals surface area contributed by atoms with Gasteiger partial charge in [0.2, 0.25) is 0 Å². The normalized spacial score (nSPS) is 14.9. The molecule has 1 aromatic heterocycles. The van der Waals surface area contributed by atoms with Gasteiger partial charge >= 0.3 is 12.3 Å². The van der Waals surface area contributed by atoms with Gasteiger partial charge in [-0.25, -0.2) is 4.98 Å².